The zero-order valence-corrected chi connectivity index (χ0v) is 19.6. The number of carbonyl (C=O) groups is 2. The Hall–Kier alpha value is -3.78. The van der Waals surface area contributed by atoms with Crippen molar-refractivity contribution in [2.75, 3.05) is 25.0 Å². The number of benzene rings is 2. The number of fused-ring (bicyclic) bond motifs is 1. The summed E-state index contributed by atoms with van der Waals surface area (Å²) in [5, 5.41) is 3.34. The topological polar surface area (TPSA) is 87.5 Å². The predicted octanol–water partition coefficient (Wildman–Crippen LogP) is 3.01. The smallest absolute Gasteiger partial charge is 0.293 e. The number of piperidine rings is 1. The highest BCUT2D eigenvalue weighted by Crippen LogP contribution is 2.22. The SMILES string of the molecule is O=C1c2ccccc2C(=O)N1CCCn1ccnc(NC2CCN(Cc3ccccc3)CC2)c1=O. The van der Waals surface area contributed by atoms with Gasteiger partial charge < -0.3 is 9.88 Å². The summed E-state index contributed by atoms with van der Waals surface area (Å²) in [5.74, 6) is -0.183. The van der Waals surface area contributed by atoms with Crippen LogP contribution in [0.4, 0.5) is 5.82 Å². The molecule has 1 N–H and O–H groups in total. The Balaban J connectivity index is 1.13. The zero-order chi connectivity index (χ0) is 24.2. The molecule has 2 amide bonds. The molecule has 0 aliphatic carbocycles. The maximum Gasteiger partial charge on any atom is 0.293 e. The molecule has 35 heavy (non-hydrogen) atoms. The second-order valence-corrected chi connectivity index (χ2v) is 9.12. The Morgan fingerprint density at radius 2 is 1.51 bits per heavy atom. The van der Waals surface area contributed by atoms with Crippen molar-refractivity contribution in [1.29, 1.82) is 0 Å². The molecular weight excluding hydrogens is 442 g/mol. The van der Waals surface area contributed by atoms with E-state index in [1.807, 2.05) is 6.07 Å². The summed E-state index contributed by atoms with van der Waals surface area (Å²) >= 11 is 0. The first-order chi connectivity index (χ1) is 17.1. The molecule has 1 fully saturated rings. The van der Waals surface area contributed by atoms with E-state index in [1.54, 1.807) is 41.2 Å². The Morgan fingerprint density at radius 1 is 0.857 bits per heavy atom. The van der Waals surface area contributed by atoms with Crippen LogP contribution in [-0.4, -0.2) is 56.8 Å². The molecule has 5 rings (SSSR count). The first kappa shape index (κ1) is 23.0. The number of hydrogen-bond donors (Lipinski definition) is 1. The summed E-state index contributed by atoms with van der Waals surface area (Å²) in [6, 6.07) is 17.5. The molecule has 3 aromatic rings. The summed E-state index contributed by atoms with van der Waals surface area (Å²) in [6.45, 7) is 3.54. The Bertz CT molecular complexity index is 1230. The van der Waals surface area contributed by atoms with Crippen LogP contribution in [0, 0.1) is 0 Å². The maximum atomic E-state index is 13.0. The van der Waals surface area contributed by atoms with Gasteiger partial charge in [-0.05, 0) is 37.0 Å². The normalized spacial score (nSPS) is 16.5. The molecular formula is C27H29N5O3. The van der Waals surface area contributed by atoms with Crippen molar-refractivity contribution in [2.45, 2.75) is 38.4 Å². The summed E-state index contributed by atoms with van der Waals surface area (Å²) in [7, 11) is 0. The van der Waals surface area contributed by atoms with Crippen LogP contribution < -0.4 is 10.9 Å². The van der Waals surface area contributed by atoms with Crippen molar-refractivity contribution in [3.8, 4) is 0 Å². The molecule has 0 radical (unpaired) electrons. The predicted molar refractivity (Wildman–Crippen MR) is 133 cm³/mol. The molecule has 8 heteroatoms. The van der Waals surface area contributed by atoms with Gasteiger partial charge >= 0.3 is 0 Å². The Morgan fingerprint density at radius 3 is 2.20 bits per heavy atom. The molecule has 1 saturated heterocycles. The first-order valence-corrected chi connectivity index (χ1v) is 12.1. The number of aromatic nitrogens is 2. The molecule has 0 bridgehead atoms. The van der Waals surface area contributed by atoms with Crippen molar-refractivity contribution >= 4 is 17.6 Å². The quantitative estimate of drug-likeness (QED) is 0.508. The van der Waals surface area contributed by atoms with Crippen molar-refractivity contribution in [3.05, 3.63) is 94.0 Å². The molecule has 2 aliphatic heterocycles. The lowest BCUT2D eigenvalue weighted by Gasteiger charge is -2.32. The molecule has 2 aliphatic rings. The van der Waals surface area contributed by atoms with Crippen molar-refractivity contribution in [3.63, 3.8) is 0 Å². The van der Waals surface area contributed by atoms with Gasteiger partial charge in [0.1, 0.15) is 0 Å². The lowest BCUT2D eigenvalue weighted by molar-refractivity contribution is 0.0650. The number of aryl methyl sites for hydroxylation is 1. The molecule has 0 atom stereocenters. The number of nitrogens with one attached hydrogen (secondary N) is 1. The van der Waals surface area contributed by atoms with E-state index in [0.717, 1.165) is 32.5 Å². The lowest BCUT2D eigenvalue weighted by atomic mass is 10.0. The van der Waals surface area contributed by atoms with Gasteiger partial charge in [-0.2, -0.15) is 0 Å². The average Bonchev–Trinajstić information content (AvgIpc) is 3.13. The third-order valence-electron chi connectivity index (χ3n) is 6.75. The number of anilines is 1. The molecule has 0 spiro atoms. The zero-order valence-electron chi connectivity index (χ0n) is 19.6. The minimum Gasteiger partial charge on any atom is -0.363 e. The van der Waals surface area contributed by atoms with Crippen LogP contribution in [0.3, 0.4) is 0 Å². The fraction of sp³-hybridized carbons (Fsp3) is 0.333. The van der Waals surface area contributed by atoms with E-state index in [2.05, 4.69) is 39.5 Å². The highest BCUT2D eigenvalue weighted by Gasteiger charge is 2.34. The number of nitrogens with zero attached hydrogens (tertiary/aromatic N) is 4. The summed E-state index contributed by atoms with van der Waals surface area (Å²) in [5.41, 5.74) is 2.02. The minimum atomic E-state index is -0.270. The fourth-order valence-electron chi connectivity index (χ4n) is 4.83. The molecule has 2 aromatic carbocycles. The maximum absolute atomic E-state index is 13.0. The minimum absolute atomic E-state index is 0.179. The summed E-state index contributed by atoms with van der Waals surface area (Å²) in [4.78, 5) is 46.0. The van der Waals surface area contributed by atoms with Gasteiger partial charge in [0, 0.05) is 51.2 Å². The van der Waals surface area contributed by atoms with Crippen LogP contribution in [0.25, 0.3) is 0 Å². The number of carbonyl (C=O) groups excluding carboxylic acids is 2. The van der Waals surface area contributed by atoms with Crippen molar-refractivity contribution in [1.82, 2.24) is 19.4 Å². The molecule has 0 saturated carbocycles. The molecule has 0 unspecified atom stereocenters. The van der Waals surface area contributed by atoms with Crippen LogP contribution in [0.1, 0.15) is 45.5 Å². The average molecular weight is 472 g/mol. The van der Waals surface area contributed by atoms with E-state index >= 15 is 0 Å². The highest BCUT2D eigenvalue weighted by atomic mass is 16.2. The van der Waals surface area contributed by atoms with Gasteiger partial charge in [0.25, 0.3) is 17.4 Å². The Labute approximate surface area is 204 Å². The highest BCUT2D eigenvalue weighted by molar-refractivity contribution is 6.21. The Kier molecular flexibility index (Phi) is 6.72. The summed E-state index contributed by atoms with van der Waals surface area (Å²) < 4.78 is 1.60. The van der Waals surface area contributed by atoms with Crippen LogP contribution in [-0.2, 0) is 13.1 Å². The second kappa shape index (κ2) is 10.2. The molecule has 1 aromatic heterocycles. The van der Waals surface area contributed by atoms with Gasteiger partial charge in [-0.15, -0.1) is 0 Å². The van der Waals surface area contributed by atoms with E-state index in [0.29, 0.717) is 29.9 Å². The van der Waals surface area contributed by atoms with E-state index in [9.17, 15) is 14.4 Å². The van der Waals surface area contributed by atoms with Gasteiger partial charge in [-0.25, -0.2) is 4.98 Å². The van der Waals surface area contributed by atoms with Gasteiger partial charge in [0.05, 0.1) is 11.1 Å². The van der Waals surface area contributed by atoms with Gasteiger partial charge in [-0.1, -0.05) is 42.5 Å². The number of imide groups is 1. The number of likely N-dealkylation sites (tertiary alicyclic amines) is 1. The number of hydrogen-bond acceptors (Lipinski definition) is 6. The summed E-state index contributed by atoms with van der Waals surface area (Å²) in [6.07, 6.45) is 5.66. The molecule has 180 valence electrons. The third-order valence-corrected chi connectivity index (χ3v) is 6.75. The van der Waals surface area contributed by atoms with Crippen LogP contribution in [0.15, 0.2) is 71.8 Å². The largest absolute Gasteiger partial charge is 0.363 e. The van der Waals surface area contributed by atoms with E-state index < -0.39 is 0 Å². The van der Waals surface area contributed by atoms with E-state index in [4.69, 9.17) is 0 Å². The number of rotatable bonds is 8. The van der Waals surface area contributed by atoms with Crippen LogP contribution in [0.5, 0.6) is 0 Å². The van der Waals surface area contributed by atoms with Crippen LogP contribution in [0.2, 0.25) is 0 Å². The lowest BCUT2D eigenvalue weighted by Crippen LogP contribution is -2.40. The van der Waals surface area contributed by atoms with Crippen molar-refractivity contribution < 1.29 is 9.59 Å². The molecule has 3 heterocycles. The van der Waals surface area contributed by atoms with E-state index in [-0.39, 0.29) is 30.0 Å². The van der Waals surface area contributed by atoms with Gasteiger partial charge in [0.2, 0.25) is 0 Å². The standard InChI is InChI=1S/C27H29N5O3/c33-25-22-9-4-5-10-23(22)26(34)32(25)15-6-14-31-18-13-28-24(27(31)35)29-21-11-16-30(17-12-21)19-20-7-2-1-3-8-20/h1-5,7-10,13,18,21H,6,11-12,14-17,19H2,(H,28,29). The third kappa shape index (κ3) is 5.02. The van der Waals surface area contributed by atoms with Crippen LogP contribution >= 0.6 is 0 Å². The monoisotopic (exact) mass is 471 g/mol. The van der Waals surface area contributed by atoms with Gasteiger partial charge in [-0.3, -0.25) is 24.2 Å². The van der Waals surface area contributed by atoms with Gasteiger partial charge in [0.15, 0.2) is 5.82 Å². The number of amides is 2. The van der Waals surface area contributed by atoms with E-state index in [1.165, 1.54) is 10.5 Å². The second-order valence-electron chi connectivity index (χ2n) is 9.12. The first-order valence-electron chi connectivity index (χ1n) is 12.1. The molecule has 8 nitrogen and oxygen atoms in total. The van der Waals surface area contributed by atoms with Crippen molar-refractivity contribution in [2.24, 2.45) is 0 Å². The fourth-order valence-corrected chi connectivity index (χ4v) is 4.83.